The first-order chi connectivity index (χ1) is 13.5. The average Bonchev–Trinajstić information content (AvgIpc) is 3.15. The fourth-order valence-electron chi connectivity index (χ4n) is 3.88. The van der Waals surface area contributed by atoms with Crippen LogP contribution in [0.5, 0.6) is 0 Å². The molecule has 28 heavy (non-hydrogen) atoms. The van der Waals surface area contributed by atoms with Crippen LogP contribution in [-0.4, -0.2) is 28.9 Å². The smallest absolute Gasteiger partial charge is 0.256 e. The number of likely N-dealkylation sites (tertiary alicyclic amines) is 1. The number of hydrogen-bond donors (Lipinski definition) is 1. The summed E-state index contributed by atoms with van der Waals surface area (Å²) in [5.74, 6) is -1.95. The largest absolute Gasteiger partial charge is 0.375 e. The molecule has 1 amide bonds. The molecule has 4 nitrogen and oxygen atoms in total. The van der Waals surface area contributed by atoms with Gasteiger partial charge in [0.15, 0.2) is 5.13 Å². The molecule has 0 spiro atoms. The number of aromatic nitrogens is 1. The molecule has 7 heteroatoms. The van der Waals surface area contributed by atoms with E-state index in [-0.39, 0.29) is 11.0 Å². The van der Waals surface area contributed by atoms with Gasteiger partial charge in [0.1, 0.15) is 11.6 Å². The van der Waals surface area contributed by atoms with Crippen LogP contribution in [0, 0.1) is 11.6 Å². The van der Waals surface area contributed by atoms with Crippen molar-refractivity contribution in [2.45, 2.75) is 18.3 Å². The van der Waals surface area contributed by atoms with E-state index in [9.17, 15) is 13.6 Å². The Kier molecular flexibility index (Phi) is 4.85. The Morgan fingerprint density at radius 3 is 2.43 bits per heavy atom. The third-order valence-electron chi connectivity index (χ3n) is 5.40. The second kappa shape index (κ2) is 7.31. The van der Waals surface area contributed by atoms with Crippen LogP contribution in [0.4, 0.5) is 13.9 Å². The van der Waals surface area contributed by atoms with E-state index in [0.717, 1.165) is 23.4 Å². The van der Waals surface area contributed by atoms with Crippen molar-refractivity contribution >= 4 is 22.4 Å². The Bertz CT molecular complexity index is 998. The third kappa shape index (κ3) is 3.26. The van der Waals surface area contributed by atoms with E-state index in [4.69, 9.17) is 5.73 Å². The number of benzene rings is 2. The van der Waals surface area contributed by atoms with Gasteiger partial charge in [-0.3, -0.25) is 4.79 Å². The van der Waals surface area contributed by atoms with Crippen molar-refractivity contribution in [1.82, 2.24) is 9.88 Å². The quantitative estimate of drug-likeness (QED) is 0.717. The molecule has 0 saturated carbocycles. The van der Waals surface area contributed by atoms with Crippen molar-refractivity contribution < 1.29 is 13.6 Å². The van der Waals surface area contributed by atoms with Gasteiger partial charge in [0.2, 0.25) is 0 Å². The van der Waals surface area contributed by atoms with Crippen molar-refractivity contribution in [2.75, 3.05) is 18.8 Å². The Morgan fingerprint density at radius 1 is 1.11 bits per heavy atom. The van der Waals surface area contributed by atoms with E-state index >= 15 is 0 Å². The summed E-state index contributed by atoms with van der Waals surface area (Å²) >= 11 is 1.40. The maximum atomic E-state index is 14.0. The van der Waals surface area contributed by atoms with Crippen molar-refractivity contribution in [2.24, 2.45) is 0 Å². The number of nitrogens with two attached hydrogens (primary N) is 1. The minimum absolute atomic E-state index is 0.105. The summed E-state index contributed by atoms with van der Waals surface area (Å²) in [7, 11) is 0. The van der Waals surface area contributed by atoms with Crippen LogP contribution in [0.3, 0.4) is 0 Å². The Labute approximate surface area is 165 Å². The monoisotopic (exact) mass is 399 g/mol. The molecule has 4 rings (SSSR count). The molecule has 0 atom stereocenters. The molecule has 0 unspecified atom stereocenters. The number of rotatable bonds is 3. The molecule has 1 saturated heterocycles. The zero-order chi connectivity index (χ0) is 19.7. The molecule has 2 N–H and O–H groups in total. The number of thiazole rings is 1. The van der Waals surface area contributed by atoms with Crippen molar-refractivity contribution in [3.8, 4) is 0 Å². The van der Waals surface area contributed by atoms with E-state index in [2.05, 4.69) is 17.1 Å². The van der Waals surface area contributed by atoms with Gasteiger partial charge in [-0.15, -0.1) is 11.3 Å². The molecule has 1 aliphatic rings. The maximum absolute atomic E-state index is 14.0. The topological polar surface area (TPSA) is 59.2 Å². The average molecular weight is 399 g/mol. The zero-order valence-corrected chi connectivity index (χ0v) is 15.9. The zero-order valence-electron chi connectivity index (χ0n) is 15.1. The van der Waals surface area contributed by atoms with Gasteiger partial charge in [-0.25, -0.2) is 13.8 Å². The van der Waals surface area contributed by atoms with Gasteiger partial charge in [-0.1, -0.05) is 30.3 Å². The van der Waals surface area contributed by atoms with Crippen LogP contribution < -0.4 is 5.73 Å². The number of piperidine rings is 1. The molecule has 2 heterocycles. The van der Waals surface area contributed by atoms with E-state index in [1.807, 2.05) is 23.6 Å². The summed E-state index contributed by atoms with van der Waals surface area (Å²) < 4.78 is 27.2. The lowest BCUT2D eigenvalue weighted by molar-refractivity contribution is 0.0679. The number of nitrogens with zero attached hydrogens (tertiary/aromatic N) is 2. The van der Waals surface area contributed by atoms with Gasteiger partial charge in [0.05, 0.1) is 11.3 Å². The van der Waals surface area contributed by atoms with E-state index in [1.165, 1.54) is 17.4 Å². The first-order valence-electron chi connectivity index (χ1n) is 9.01. The summed E-state index contributed by atoms with van der Waals surface area (Å²) in [6, 6.07) is 13.1. The maximum Gasteiger partial charge on any atom is 0.256 e. The Hall–Kier alpha value is -2.80. The highest BCUT2D eigenvalue weighted by Crippen LogP contribution is 2.42. The molecule has 1 aliphatic heterocycles. The lowest BCUT2D eigenvalue weighted by Crippen LogP contribution is -2.46. The van der Waals surface area contributed by atoms with E-state index in [1.54, 1.807) is 4.90 Å². The second-order valence-corrected chi connectivity index (χ2v) is 7.83. The Morgan fingerprint density at radius 2 is 1.82 bits per heavy atom. The first kappa shape index (κ1) is 18.6. The van der Waals surface area contributed by atoms with Gasteiger partial charge in [0, 0.05) is 30.0 Å². The molecule has 0 radical (unpaired) electrons. The normalized spacial score (nSPS) is 16.1. The van der Waals surface area contributed by atoms with Crippen LogP contribution >= 0.6 is 11.3 Å². The van der Waals surface area contributed by atoms with Crippen LogP contribution in [0.15, 0.2) is 53.9 Å². The number of carbonyl (C=O) groups excluding carboxylic acids is 1. The van der Waals surface area contributed by atoms with Crippen LogP contribution in [-0.2, 0) is 5.41 Å². The van der Waals surface area contributed by atoms with Crippen LogP contribution in [0.2, 0.25) is 0 Å². The minimum atomic E-state index is -0.836. The first-order valence-corrected chi connectivity index (χ1v) is 9.89. The van der Waals surface area contributed by atoms with E-state index < -0.39 is 17.5 Å². The number of hydrogen-bond acceptors (Lipinski definition) is 4. The third-order valence-corrected chi connectivity index (χ3v) is 6.08. The molecule has 144 valence electrons. The number of nitrogen functional groups attached to an aromatic ring is 1. The molecule has 0 bridgehead atoms. The lowest BCUT2D eigenvalue weighted by atomic mass is 9.70. The standard InChI is InChI=1S/C21H19F2N3OS/c22-15-6-7-16(17(23)12-15)19(27)26-10-8-21(9-11-26,14-4-2-1-3-5-14)18-13-28-20(24)25-18/h1-7,12-13H,8-11H2,(H2,24,25). The summed E-state index contributed by atoms with van der Waals surface area (Å²) in [5, 5.41) is 2.48. The number of amides is 1. The predicted octanol–water partition coefficient (Wildman–Crippen LogP) is 4.23. The summed E-state index contributed by atoms with van der Waals surface area (Å²) in [6.45, 7) is 0.893. The lowest BCUT2D eigenvalue weighted by Gasteiger charge is -2.41. The summed E-state index contributed by atoms with van der Waals surface area (Å²) in [6.07, 6.45) is 1.30. The van der Waals surface area contributed by atoms with Gasteiger partial charge in [0.25, 0.3) is 5.91 Å². The number of anilines is 1. The van der Waals surface area contributed by atoms with Crippen LogP contribution in [0.1, 0.15) is 34.5 Å². The van der Waals surface area contributed by atoms with Crippen molar-refractivity contribution in [1.29, 1.82) is 0 Å². The van der Waals surface area contributed by atoms with Crippen LogP contribution in [0.25, 0.3) is 0 Å². The second-order valence-electron chi connectivity index (χ2n) is 6.94. The predicted molar refractivity (Wildman–Crippen MR) is 105 cm³/mol. The molecular weight excluding hydrogens is 380 g/mol. The molecule has 2 aromatic carbocycles. The van der Waals surface area contributed by atoms with Gasteiger partial charge < -0.3 is 10.6 Å². The fourth-order valence-corrected chi connectivity index (χ4v) is 4.54. The fraction of sp³-hybridized carbons (Fsp3) is 0.238. The van der Waals surface area contributed by atoms with E-state index in [0.29, 0.717) is 31.1 Å². The molecule has 1 aromatic heterocycles. The SMILES string of the molecule is Nc1nc(C2(c3ccccc3)CCN(C(=O)c3ccc(F)cc3F)CC2)cs1. The van der Waals surface area contributed by atoms with Gasteiger partial charge >= 0.3 is 0 Å². The highest BCUT2D eigenvalue weighted by molar-refractivity contribution is 7.13. The molecular formula is C21H19F2N3OS. The van der Waals surface area contributed by atoms with Gasteiger partial charge in [-0.2, -0.15) is 0 Å². The summed E-state index contributed by atoms with van der Waals surface area (Å²) in [4.78, 5) is 18.9. The number of halogens is 2. The highest BCUT2D eigenvalue weighted by atomic mass is 32.1. The minimum Gasteiger partial charge on any atom is -0.375 e. The molecule has 1 fully saturated rings. The Balaban J connectivity index is 1.61. The highest BCUT2D eigenvalue weighted by Gasteiger charge is 2.41. The van der Waals surface area contributed by atoms with Crippen molar-refractivity contribution in [3.05, 3.63) is 82.4 Å². The number of carbonyl (C=O) groups is 1. The molecule has 0 aliphatic carbocycles. The van der Waals surface area contributed by atoms with Gasteiger partial charge in [-0.05, 0) is 30.5 Å². The summed E-state index contributed by atoms with van der Waals surface area (Å²) in [5.41, 5.74) is 7.46. The molecule has 3 aromatic rings. The van der Waals surface area contributed by atoms with Crippen molar-refractivity contribution in [3.63, 3.8) is 0 Å².